The first-order valence-corrected chi connectivity index (χ1v) is 11.2. The van der Waals surface area contributed by atoms with Gasteiger partial charge < -0.3 is 14.4 Å². The minimum absolute atomic E-state index is 0.0613. The monoisotopic (exact) mass is 431 g/mol. The normalized spacial score (nSPS) is 11.1. The number of anilines is 1. The van der Waals surface area contributed by atoms with E-state index in [0.717, 1.165) is 16.1 Å². The van der Waals surface area contributed by atoms with Crippen LogP contribution < -0.4 is 14.4 Å². The maximum atomic E-state index is 13.5. The lowest BCUT2D eigenvalue weighted by Crippen LogP contribution is -2.37. The van der Waals surface area contributed by atoms with Crippen LogP contribution in [0.4, 0.5) is 5.13 Å². The summed E-state index contributed by atoms with van der Waals surface area (Å²) in [6, 6.07) is 11.4. The van der Waals surface area contributed by atoms with Gasteiger partial charge in [-0.3, -0.25) is 9.69 Å². The molecule has 0 N–H and O–H groups in total. The minimum atomic E-state index is -0.0613. The lowest BCUT2D eigenvalue weighted by molar-refractivity contribution is 0.0982. The Morgan fingerprint density at radius 3 is 2.41 bits per heavy atom. The Labute approximate surface area is 179 Å². The van der Waals surface area contributed by atoms with Gasteiger partial charge in [0.25, 0.3) is 5.91 Å². The van der Waals surface area contributed by atoms with Gasteiger partial charge in [0.2, 0.25) is 0 Å². The Morgan fingerprint density at radius 2 is 1.76 bits per heavy atom. The van der Waals surface area contributed by atoms with E-state index in [1.165, 1.54) is 11.3 Å². The molecule has 3 aromatic rings. The Balaban J connectivity index is 2.10. The number of amides is 1. The predicted octanol–water partition coefficient (Wildman–Crippen LogP) is 4.24. The number of nitrogens with zero attached hydrogens (tertiary/aromatic N) is 3. The van der Waals surface area contributed by atoms with Crippen molar-refractivity contribution in [2.45, 2.75) is 4.90 Å². The summed E-state index contributed by atoms with van der Waals surface area (Å²) in [5.41, 5.74) is 1.38. The first-order valence-electron chi connectivity index (χ1n) is 9.11. The topological polar surface area (TPSA) is 54.9 Å². The third-order valence-corrected chi connectivity index (χ3v) is 6.37. The number of benzene rings is 2. The molecule has 0 bridgehead atoms. The molecule has 1 heterocycles. The zero-order valence-electron chi connectivity index (χ0n) is 17.3. The molecule has 0 aliphatic carbocycles. The zero-order chi connectivity index (χ0) is 21.0. The van der Waals surface area contributed by atoms with Gasteiger partial charge in [-0.05, 0) is 44.6 Å². The summed E-state index contributed by atoms with van der Waals surface area (Å²) in [6.07, 6.45) is 1.98. The predicted molar refractivity (Wildman–Crippen MR) is 121 cm³/mol. The van der Waals surface area contributed by atoms with Gasteiger partial charge in [0.05, 0.1) is 19.8 Å². The van der Waals surface area contributed by atoms with Crippen LogP contribution in [0.15, 0.2) is 41.3 Å². The van der Waals surface area contributed by atoms with Crippen LogP contribution in [0.5, 0.6) is 11.5 Å². The number of ether oxygens (including phenoxy) is 2. The van der Waals surface area contributed by atoms with Crippen molar-refractivity contribution in [3.8, 4) is 11.5 Å². The molecule has 8 heteroatoms. The smallest absolute Gasteiger partial charge is 0.261 e. The van der Waals surface area contributed by atoms with Gasteiger partial charge in [-0.25, -0.2) is 4.98 Å². The maximum Gasteiger partial charge on any atom is 0.261 e. The summed E-state index contributed by atoms with van der Waals surface area (Å²) in [5, 5.41) is 0.630. The number of rotatable bonds is 8. The molecule has 0 aliphatic rings. The summed E-state index contributed by atoms with van der Waals surface area (Å²) >= 11 is 3.00. The molecule has 0 spiro atoms. The summed E-state index contributed by atoms with van der Waals surface area (Å²) < 4.78 is 11.8. The van der Waals surface area contributed by atoms with Crippen molar-refractivity contribution in [3.05, 3.63) is 42.0 Å². The fourth-order valence-corrected chi connectivity index (χ4v) is 4.63. The summed E-state index contributed by atoms with van der Waals surface area (Å²) in [7, 11) is 7.22. The van der Waals surface area contributed by atoms with Crippen LogP contribution in [0.2, 0.25) is 0 Å². The highest BCUT2D eigenvalue weighted by Crippen LogP contribution is 2.40. The lowest BCUT2D eigenvalue weighted by Gasteiger charge is -2.22. The average Bonchev–Trinajstić information content (AvgIpc) is 3.17. The van der Waals surface area contributed by atoms with Gasteiger partial charge in [-0.15, -0.1) is 11.8 Å². The van der Waals surface area contributed by atoms with Crippen LogP contribution in [-0.2, 0) is 0 Å². The lowest BCUT2D eigenvalue weighted by atomic mass is 10.2. The van der Waals surface area contributed by atoms with E-state index in [2.05, 4.69) is 4.90 Å². The number of fused-ring (bicyclic) bond motifs is 1. The van der Waals surface area contributed by atoms with Crippen molar-refractivity contribution in [3.63, 3.8) is 0 Å². The Morgan fingerprint density at radius 1 is 1.07 bits per heavy atom. The van der Waals surface area contributed by atoms with Crippen LogP contribution in [0.25, 0.3) is 10.2 Å². The van der Waals surface area contributed by atoms with Crippen molar-refractivity contribution < 1.29 is 14.3 Å². The standard InChI is InChI=1S/C21H25N3O3S2/c1-23(2)12-13-24(20(25)14-8-6-7-9-17(14)28-5)21-22-18-15(26-3)10-11-16(27-4)19(18)29-21/h6-11H,12-13H2,1-5H3. The molecule has 0 unspecified atom stereocenters. The fraction of sp³-hybridized carbons (Fsp3) is 0.333. The first kappa shape index (κ1) is 21.4. The number of thiazole rings is 1. The molecule has 0 saturated carbocycles. The number of thioether (sulfide) groups is 1. The van der Waals surface area contributed by atoms with Gasteiger partial charge in [-0.1, -0.05) is 23.5 Å². The zero-order valence-corrected chi connectivity index (χ0v) is 18.9. The third-order valence-electron chi connectivity index (χ3n) is 4.48. The number of hydrogen-bond acceptors (Lipinski definition) is 7. The van der Waals surface area contributed by atoms with Crippen LogP contribution >= 0.6 is 23.1 Å². The molecule has 1 aromatic heterocycles. The molecule has 3 rings (SSSR count). The van der Waals surface area contributed by atoms with Crippen molar-refractivity contribution in [1.29, 1.82) is 0 Å². The van der Waals surface area contributed by atoms with E-state index in [1.807, 2.05) is 56.7 Å². The van der Waals surface area contributed by atoms with E-state index in [-0.39, 0.29) is 5.91 Å². The van der Waals surface area contributed by atoms with Gasteiger partial charge in [-0.2, -0.15) is 0 Å². The molecule has 2 aromatic carbocycles. The quantitative estimate of drug-likeness (QED) is 0.497. The van der Waals surface area contributed by atoms with Crippen LogP contribution in [-0.4, -0.2) is 63.5 Å². The highest BCUT2D eigenvalue weighted by molar-refractivity contribution is 7.98. The van der Waals surface area contributed by atoms with Gasteiger partial charge in [0.15, 0.2) is 5.13 Å². The summed E-state index contributed by atoms with van der Waals surface area (Å²) in [4.78, 5) is 23.0. The van der Waals surface area contributed by atoms with E-state index in [1.54, 1.807) is 30.9 Å². The van der Waals surface area contributed by atoms with Crippen molar-refractivity contribution in [1.82, 2.24) is 9.88 Å². The molecule has 0 saturated heterocycles. The Hall–Kier alpha value is -2.29. The molecule has 1 amide bonds. The largest absolute Gasteiger partial charge is 0.495 e. The number of carbonyl (C=O) groups excluding carboxylic acids is 1. The minimum Gasteiger partial charge on any atom is -0.495 e. The molecule has 0 atom stereocenters. The number of methoxy groups -OCH3 is 2. The second-order valence-electron chi connectivity index (χ2n) is 6.60. The van der Waals surface area contributed by atoms with Gasteiger partial charge in [0, 0.05) is 18.0 Å². The van der Waals surface area contributed by atoms with Crippen molar-refractivity contribution >= 4 is 44.4 Å². The van der Waals surface area contributed by atoms with Crippen molar-refractivity contribution in [2.24, 2.45) is 0 Å². The third kappa shape index (κ3) is 4.49. The van der Waals surface area contributed by atoms with E-state index < -0.39 is 0 Å². The maximum absolute atomic E-state index is 13.5. The molecule has 154 valence electrons. The Bertz CT molecular complexity index is 963. The second kappa shape index (κ2) is 9.47. The SMILES string of the molecule is COc1ccc(OC)c2sc(N(CCN(C)C)C(=O)c3ccccc3SC)nc12. The molecule has 0 fully saturated rings. The molecule has 0 radical (unpaired) electrons. The number of carbonyl (C=O) groups is 1. The molecular weight excluding hydrogens is 406 g/mol. The van der Waals surface area contributed by atoms with Crippen LogP contribution in [0, 0.1) is 0 Å². The fourth-order valence-electron chi connectivity index (χ4n) is 2.94. The first-order chi connectivity index (χ1) is 14.0. The molecule has 0 aliphatic heterocycles. The number of hydrogen-bond donors (Lipinski definition) is 0. The van der Waals surface area contributed by atoms with Gasteiger partial charge in [0.1, 0.15) is 21.7 Å². The van der Waals surface area contributed by atoms with E-state index in [0.29, 0.717) is 34.3 Å². The second-order valence-corrected chi connectivity index (χ2v) is 8.43. The molecule has 29 heavy (non-hydrogen) atoms. The summed E-state index contributed by atoms with van der Waals surface area (Å²) in [5.74, 6) is 1.32. The van der Waals surface area contributed by atoms with Crippen LogP contribution in [0.3, 0.4) is 0 Å². The van der Waals surface area contributed by atoms with E-state index in [4.69, 9.17) is 14.5 Å². The van der Waals surface area contributed by atoms with Crippen LogP contribution in [0.1, 0.15) is 10.4 Å². The number of aromatic nitrogens is 1. The molecule has 6 nitrogen and oxygen atoms in total. The number of likely N-dealkylation sites (N-methyl/N-ethyl adjacent to an activating group) is 1. The Kier molecular flexibility index (Phi) is 7.00. The van der Waals surface area contributed by atoms with E-state index in [9.17, 15) is 4.79 Å². The average molecular weight is 432 g/mol. The highest BCUT2D eigenvalue weighted by Gasteiger charge is 2.25. The van der Waals surface area contributed by atoms with E-state index >= 15 is 0 Å². The molecular formula is C21H25N3O3S2. The highest BCUT2D eigenvalue weighted by atomic mass is 32.2. The van der Waals surface area contributed by atoms with Crippen molar-refractivity contribution in [2.75, 3.05) is 52.6 Å². The summed E-state index contributed by atoms with van der Waals surface area (Å²) in [6.45, 7) is 1.25. The van der Waals surface area contributed by atoms with Gasteiger partial charge >= 0.3 is 0 Å².